The van der Waals surface area contributed by atoms with E-state index in [0.29, 0.717) is 30.8 Å². The first-order valence-corrected chi connectivity index (χ1v) is 10.9. The highest BCUT2D eigenvalue weighted by Gasteiger charge is 2.72. The smallest absolute Gasteiger partial charge is 0.238 e. The number of likely N-dealkylation sites (tertiary alicyclic amines) is 1. The third kappa shape index (κ3) is 2.59. The number of rotatable bonds is 2. The van der Waals surface area contributed by atoms with E-state index >= 15 is 0 Å². The molecule has 7 heteroatoms. The summed E-state index contributed by atoms with van der Waals surface area (Å²) in [6.45, 7) is 1.86. The minimum absolute atomic E-state index is 0.0837. The highest BCUT2D eigenvalue weighted by Crippen LogP contribution is 2.62. The molecule has 162 valence electrons. The van der Waals surface area contributed by atoms with Crippen molar-refractivity contribution in [2.24, 2.45) is 23.0 Å². The lowest BCUT2D eigenvalue weighted by molar-refractivity contribution is -0.128. The monoisotopic (exact) mass is 434 g/mol. The van der Waals surface area contributed by atoms with E-state index in [1.54, 1.807) is 24.3 Å². The molecule has 0 bridgehead atoms. The van der Waals surface area contributed by atoms with Crippen molar-refractivity contribution in [3.05, 3.63) is 77.0 Å². The van der Waals surface area contributed by atoms with Crippen LogP contribution in [-0.4, -0.2) is 23.9 Å². The number of nitriles is 3. The lowest BCUT2D eigenvalue weighted by atomic mass is 9.46. The molecule has 7 nitrogen and oxygen atoms in total. The molecule has 1 fully saturated rings. The minimum Gasteiger partial charge on any atom is -0.399 e. The zero-order chi connectivity index (χ0) is 23.2. The molecule has 3 N–H and O–H groups in total. The Morgan fingerprint density at radius 3 is 2.45 bits per heavy atom. The summed E-state index contributed by atoms with van der Waals surface area (Å²) in [4.78, 5) is 16.0. The largest absolute Gasteiger partial charge is 0.399 e. The van der Waals surface area contributed by atoms with E-state index in [1.165, 1.54) is 0 Å². The Hall–Kier alpha value is -4.12. The maximum absolute atomic E-state index is 13.8. The quantitative estimate of drug-likeness (QED) is 0.747. The van der Waals surface area contributed by atoms with Crippen LogP contribution in [-0.2, 0) is 16.8 Å². The highest BCUT2D eigenvalue weighted by atomic mass is 16.2. The lowest BCUT2D eigenvalue weighted by Gasteiger charge is -2.54. The van der Waals surface area contributed by atoms with Crippen molar-refractivity contribution in [3.63, 3.8) is 0 Å². The SMILES string of the molecule is N#CC1=C(N)C(C#N)(C#N)[C@]2(C(=O)Nc3ccccc32)[C@@H]2CN(Cc3ccccc3)CC[C@H]12. The van der Waals surface area contributed by atoms with Gasteiger partial charge in [0, 0.05) is 30.6 Å². The number of nitrogens with zero attached hydrogens (tertiary/aromatic N) is 4. The third-order valence-electron chi connectivity index (χ3n) is 7.57. The van der Waals surface area contributed by atoms with Gasteiger partial charge in [-0.3, -0.25) is 9.69 Å². The summed E-state index contributed by atoms with van der Waals surface area (Å²) in [6, 6.07) is 23.6. The molecule has 1 saturated heterocycles. The number of piperidine rings is 1. The fourth-order valence-electron chi connectivity index (χ4n) is 6.17. The number of hydrogen-bond donors (Lipinski definition) is 2. The number of carbonyl (C=O) groups is 1. The van der Waals surface area contributed by atoms with Crippen LogP contribution in [0.25, 0.3) is 0 Å². The normalized spacial score (nSPS) is 27.6. The number of nitrogens with two attached hydrogens (primary N) is 1. The molecule has 2 aliphatic heterocycles. The zero-order valence-corrected chi connectivity index (χ0v) is 18.0. The van der Waals surface area contributed by atoms with Gasteiger partial charge in [0.15, 0.2) is 0 Å². The van der Waals surface area contributed by atoms with Gasteiger partial charge in [0.25, 0.3) is 0 Å². The first-order valence-electron chi connectivity index (χ1n) is 10.9. The highest BCUT2D eigenvalue weighted by molar-refractivity contribution is 6.09. The van der Waals surface area contributed by atoms with E-state index in [9.17, 15) is 20.6 Å². The first kappa shape index (κ1) is 20.8. The lowest BCUT2D eigenvalue weighted by Crippen LogP contribution is -2.65. The van der Waals surface area contributed by atoms with Crippen LogP contribution >= 0.6 is 0 Å². The molecule has 0 unspecified atom stereocenters. The maximum Gasteiger partial charge on any atom is 0.238 e. The Balaban J connectivity index is 1.73. The van der Waals surface area contributed by atoms with Crippen molar-refractivity contribution in [2.45, 2.75) is 18.4 Å². The van der Waals surface area contributed by atoms with Crippen LogP contribution in [0.4, 0.5) is 5.69 Å². The number of amides is 1. The summed E-state index contributed by atoms with van der Waals surface area (Å²) in [6.07, 6.45) is 0.616. The van der Waals surface area contributed by atoms with Gasteiger partial charge in [0.05, 0.1) is 29.5 Å². The number of benzene rings is 2. The zero-order valence-electron chi connectivity index (χ0n) is 18.0. The third-order valence-corrected chi connectivity index (χ3v) is 7.57. The minimum atomic E-state index is -1.98. The van der Waals surface area contributed by atoms with Gasteiger partial charge in [0.1, 0.15) is 5.41 Å². The van der Waals surface area contributed by atoms with Crippen LogP contribution < -0.4 is 11.1 Å². The second kappa shape index (κ2) is 7.48. The summed E-state index contributed by atoms with van der Waals surface area (Å²) in [5.74, 6) is -1.17. The molecular formula is C26H22N6O. The predicted molar refractivity (Wildman–Crippen MR) is 121 cm³/mol. The topological polar surface area (TPSA) is 130 Å². The van der Waals surface area contributed by atoms with Gasteiger partial charge in [0.2, 0.25) is 11.3 Å². The second-order valence-electron chi connectivity index (χ2n) is 8.94. The predicted octanol–water partition coefficient (Wildman–Crippen LogP) is 2.80. The number of para-hydroxylation sites is 1. The molecule has 0 aromatic heterocycles. The maximum atomic E-state index is 13.8. The van der Waals surface area contributed by atoms with Gasteiger partial charge < -0.3 is 11.1 Å². The van der Waals surface area contributed by atoms with Gasteiger partial charge in [-0.2, -0.15) is 15.8 Å². The van der Waals surface area contributed by atoms with E-state index in [2.05, 4.69) is 28.4 Å². The Bertz CT molecular complexity index is 1280. The van der Waals surface area contributed by atoms with Crippen molar-refractivity contribution in [1.82, 2.24) is 4.90 Å². The van der Waals surface area contributed by atoms with Gasteiger partial charge in [-0.1, -0.05) is 48.5 Å². The summed E-state index contributed by atoms with van der Waals surface area (Å²) in [7, 11) is 0. The molecule has 3 atom stereocenters. The van der Waals surface area contributed by atoms with Gasteiger partial charge in [-0.25, -0.2) is 0 Å². The van der Waals surface area contributed by atoms with Gasteiger partial charge in [-0.05, 0) is 30.2 Å². The summed E-state index contributed by atoms with van der Waals surface area (Å²) >= 11 is 0. The molecule has 3 aliphatic rings. The van der Waals surface area contributed by atoms with Gasteiger partial charge >= 0.3 is 0 Å². The van der Waals surface area contributed by atoms with Gasteiger partial charge in [-0.15, -0.1) is 0 Å². The fraction of sp³-hybridized carbons (Fsp3) is 0.308. The van der Waals surface area contributed by atoms with Crippen molar-refractivity contribution >= 4 is 11.6 Å². The number of nitrogens with one attached hydrogen (secondary N) is 1. The average Bonchev–Trinajstić information content (AvgIpc) is 3.14. The van der Waals surface area contributed by atoms with E-state index in [1.807, 2.05) is 30.3 Å². The van der Waals surface area contributed by atoms with E-state index in [0.717, 1.165) is 12.1 Å². The number of carbonyl (C=O) groups excluding carboxylic acids is 1. The second-order valence-corrected chi connectivity index (χ2v) is 8.94. The first-order chi connectivity index (χ1) is 16.0. The van der Waals surface area contributed by atoms with Crippen LogP contribution in [0, 0.1) is 51.2 Å². The molecule has 2 heterocycles. The molecule has 1 amide bonds. The molecule has 1 spiro atoms. The molecule has 33 heavy (non-hydrogen) atoms. The van der Waals surface area contributed by atoms with Crippen molar-refractivity contribution in [1.29, 1.82) is 15.8 Å². The molecular weight excluding hydrogens is 412 g/mol. The van der Waals surface area contributed by atoms with Crippen LogP contribution in [0.15, 0.2) is 65.9 Å². The molecule has 1 aliphatic carbocycles. The van der Waals surface area contributed by atoms with Crippen LogP contribution in [0.1, 0.15) is 17.5 Å². The number of hydrogen-bond acceptors (Lipinski definition) is 6. The van der Waals surface area contributed by atoms with Crippen molar-refractivity contribution in [2.75, 3.05) is 18.4 Å². The number of anilines is 1. The standard InChI is InChI=1S/C26H22N6O/c27-12-19-18-10-11-32(13-17-6-2-1-3-7-17)14-21(18)26(25(15-28,16-29)23(19)30)20-8-4-5-9-22(20)31-24(26)33/h1-9,18,21H,10-11,13-14,30H2,(H,31,33)/t18-,21-,26+/m1/s1. The number of allylic oxidation sites excluding steroid dienone is 2. The van der Waals surface area contributed by atoms with E-state index < -0.39 is 22.7 Å². The van der Waals surface area contributed by atoms with Crippen molar-refractivity contribution in [3.8, 4) is 18.2 Å². The van der Waals surface area contributed by atoms with Crippen LogP contribution in [0.3, 0.4) is 0 Å². The number of fused-ring (bicyclic) bond motifs is 4. The Kier molecular flexibility index (Phi) is 4.71. The van der Waals surface area contributed by atoms with E-state index in [-0.39, 0.29) is 17.2 Å². The summed E-state index contributed by atoms with van der Waals surface area (Å²) in [5, 5.41) is 33.7. The van der Waals surface area contributed by atoms with Crippen molar-refractivity contribution < 1.29 is 4.79 Å². The Morgan fingerprint density at radius 2 is 1.76 bits per heavy atom. The molecule has 5 rings (SSSR count). The molecule has 0 radical (unpaired) electrons. The Labute approximate surface area is 192 Å². The summed E-state index contributed by atoms with van der Waals surface area (Å²) in [5.41, 5.74) is 5.48. The fourth-order valence-corrected chi connectivity index (χ4v) is 6.17. The molecule has 0 saturated carbocycles. The average molecular weight is 435 g/mol. The molecule has 2 aromatic carbocycles. The van der Waals surface area contributed by atoms with Crippen LogP contribution in [0.5, 0.6) is 0 Å². The Morgan fingerprint density at radius 1 is 1.06 bits per heavy atom. The molecule has 2 aromatic rings. The summed E-state index contributed by atoms with van der Waals surface area (Å²) < 4.78 is 0. The van der Waals surface area contributed by atoms with Crippen LogP contribution in [0.2, 0.25) is 0 Å². The van der Waals surface area contributed by atoms with E-state index in [4.69, 9.17) is 5.73 Å².